The minimum atomic E-state index is 0.143. The van der Waals surface area contributed by atoms with Gasteiger partial charge >= 0.3 is 0 Å². The van der Waals surface area contributed by atoms with Crippen LogP contribution in [0.15, 0.2) is 18.2 Å². The number of rotatable bonds is 3. The summed E-state index contributed by atoms with van der Waals surface area (Å²) in [6.45, 7) is 7.08. The molecule has 1 aromatic carbocycles. The summed E-state index contributed by atoms with van der Waals surface area (Å²) >= 11 is 5.86. The van der Waals surface area contributed by atoms with Crippen LogP contribution in [0.2, 0.25) is 0 Å². The topological polar surface area (TPSA) is 20.3 Å². The largest absolute Gasteiger partial charge is 0.336 e. The lowest BCUT2D eigenvalue weighted by molar-refractivity contribution is -0.129. The fourth-order valence-electron chi connectivity index (χ4n) is 2.72. The van der Waals surface area contributed by atoms with Crippen molar-refractivity contribution >= 4 is 17.5 Å². The van der Waals surface area contributed by atoms with Gasteiger partial charge in [0.15, 0.2) is 0 Å². The van der Waals surface area contributed by atoms with Gasteiger partial charge in [-0.3, -0.25) is 4.79 Å². The van der Waals surface area contributed by atoms with Gasteiger partial charge in [0.2, 0.25) is 5.91 Å². The molecule has 1 aliphatic rings. The zero-order valence-electron chi connectivity index (χ0n) is 11.2. The quantitative estimate of drug-likeness (QED) is 0.767. The van der Waals surface area contributed by atoms with Crippen molar-refractivity contribution in [1.82, 2.24) is 4.90 Å². The van der Waals surface area contributed by atoms with Gasteiger partial charge in [-0.15, -0.1) is 11.6 Å². The number of amides is 1. The van der Waals surface area contributed by atoms with Crippen LogP contribution in [0.5, 0.6) is 0 Å². The Morgan fingerprint density at radius 2 is 1.94 bits per heavy atom. The first kappa shape index (κ1) is 13.4. The second-order valence-corrected chi connectivity index (χ2v) is 5.68. The van der Waals surface area contributed by atoms with Crippen LogP contribution in [-0.2, 0) is 4.79 Å². The average molecular weight is 266 g/mol. The van der Waals surface area contributed by atoms with Gasteiger partial charge in [-0.2, -0.15) is 0 Å². The highest BCUT2D eigenvalue weighted by Crippen LogP contribution is 2.29. The van der Waals surface area contributed by atoms with Crippen LogP contribution in [0.3, 0.4) is 0 Å². The molecular weight excluding hydrogens is 246 g/mol. The molecule has 3 heteroatoms. The third-order valence-corrected chi connectivity index (χ3v) is 4.09. The first-order valence-corrected chi connectivity index (χ1v) is 6.98. The number of benzene rings is 1. The minimum Gasteiger partial charge on any atom is -0.336 e. The highest BCUT2D eigenvalue weighted by molar-refractivity contribution is 6.18. The van der Waals surface area contributed by atoms with Gasteiger partial charge in [0, 0.05) is 18.8 Å². The molecule has 1 amide bonds. The molecular formula is C15H20ClNO. The van der Waals surface area contributed by atoms with E-state index in [9.17, 15) is 4.79 Å². The van der Waals surface area contributed by atoms with E-state index in [4.69, 9.17) is 11.6 Å². The number of carbonyl (C=O) groups excluding carboxylic acids is 1. The van der Waals surface area contributed by atoms with E-state index in [0.717, 1.165) is 6.54 Å². The van der Waals surface area contributed by atoms with Crippen molar-refractivity contribution in [3.8, 4) is 0 Å². The Kier molecular flexibility index (Phi) is 3.96. The van der Waals surface area contributed by atoms with Crippen molar-refractivity contribution in [3.63, 3.8) is 0 Å². The van der Waals surface area contributed by atoms with E-state index in [2.05, 4.69) is 39.0 Å². The molecule has 0 aromatic heterocycles. The zero-order valence-corrected chi connectivity index (χ0v) is 12.0. The maximum atomic E-state index is 12.0. The highest BCUT2D eigenvalue weighted by atomic mass is 35.5. The molecule has 1 heterocycles. The predicted octanol–water partition coefficient (Wildman–Crippen LogP) is 3.45. The molecule has 1 aliphatic heterocycles. The average Bonchev–Trinajstić information content (AvgIpc) is 2.68. The van der Waals surface area contributed by atoms with Crippen LogP contribution in [0.4, 0.5) is 0 Å². The van der Waals surface area contributed by atoms with E-state index in [0.29, 0.717) is 18.2 Å². The molecule has 0 saturated carbocycles. The molecule has 1 aromatic rings. The van der Waals surface area contributed by atoms with Crippen LogP contribution in [0, 0.1) is 19.8 Å². The van der Waals surface area contributed by atoms with E-state index in [1.165, 1.54) is 16.7 Å². The molecule has 98 valence electrons. The number of carbonyl (C=O) groups is 1. The molecule has 0 spiro atoms. The molecule has 2 rings (SSSR count). The lowest BCUT2D eigenvalue weighted by Crippen LogP contribution is -2.28. The normalized spacial score (nSPS) is 21.4. The smallest absolute Gasteiger partial charge is 0.223 e. The number of alkyl halides is 1. The zero-order chi connectivity index (χ0) is 13.3. The minimum absolute atomic E-state index is 0.143. The van der Waals surface area contributed by atoms with Crippen LogP contribution < -0.4 is 0 Å². The van der Waals surface area contributed by atoms with E-state index in [1.54, 1.807) is 0 Å². The maximum absolute atomic E-state index is 12.0. The predicted molar refractivity (Wildman–Crippen MR) is 74.9 cm³/mol. The third-order valence-electron chi connectivity index (χ3n) is 3.65. The molecule has 2 nitrogen and oxygen atoms in total. The summed E-state index contributed by atoms with van der Waals surface area (Å²) in [5, 5.41) is 0. The first-order chi connectivity index (χ1) is 8.51. The molecule has 1 fully saturated rings. The van der Waals surface area contributed by atoms with Gasteiger partial charge in [0.25, 0.3) is 0 Å². The van der Waals surface area contributed by atoms with Crippen molar-refractivity contribution in [2.75, 3.05) is 12.4 Å². The summed E-state index contributed by atoms with van der Waals surface area (Å²) in [6.07, 6.45) is 0.596. The highest BCUT2D eigenvalue weighted by Gasteiger charge is 2.32. The third kappa shape index (κ3) is 2.69. The fourth-order valence-corrected chi connectivity index (χ4v) is 2.92. The molecule has 0 bridgehead atoms. The van der Waals surface area contributed by atoms with Gasteiger partial charge in [-0.25, -0.2) is 0 Å². The number of hydrogen-bond donors (Lipinski definition) is 0. The summed E-state index contributed by atoms with van der Waals surface area (Å²) in [4.78, 5) is 14.0. The Hall–Kier alpha value is -1.02. The summed E-state index contributed by atoms with van der Waals surface area (Å²) in [7, 11) is 0. The van der Waals surface area contributed by atoms with Crippen molar-refractivity contribution in [2.24, 2.45) is 5.92 Å². The molecule has 1 saturated heterocycles. The second-order valence-electron chi connectivity index (χ2n) is 5.37. The first-order valence-electron chi connectivity index (χ1n) is 6.45. The lowest BCUT2D eigenvalue weighted by atomic mass is 10.0. The summed E-state index contributed by atoms with van der Waals surface area (Å²) in [6, 6.07) is 6.63. The standard InChI is InChI=1S/C15H20ClNO/c1-10-4-11(2)6-14(5-10)12(3)17-9-13(8-16)7-15(17)18/h4-6,12-13H,7-9H2,1-3H3. The van der Waals surface area contributed by atoms with Crippen LogP contribution in [0.25, 0.3) is 0 Å². The number of nitrogens with zero attached hydrogens (tertiary/aromatic N) is 1. The number of aryl methyl sites for hydroxylation is 2. The van der Waals surface area contributed by atoms with Gasteiger partial charge in [-0.05, 0) is 32.3 Å². The van der Waals surface area contributed by atoms with Crippen molar-refractivity contribution in [2.45, 2.75) is 33.2 Å². The van der Waals surface area contributed by atoms with Gasteiger partial charge < -0.3 is 4.90 Å². The van der Waals surface area contributed by atoms with Crippen molar-refractivity contribution in [3.05, 3.63) is 34.9 Å². The number of hydrogen-bond acceptors (Lipinski definition) is 1. The van der Waals surface area contributed by atoms with Crippen molar-refractivity contribution in [1.29, 1.82) is 0 Å². The summed E-state index contributed by atoms with van der Waals surface area (Å²) in [5.74, 6) is 1.11. The van der Waals surface area contributed by atoms with Crippen molar-refractivity contribution < 1.29 is 4.79 Å². The lowest BCUT2D eigenvalue weighted by Gasteiger charge is -2.25. The summed E-state index contributed by atoms with van der Waals surface area (Å²) < 4.78 is 0. The molecule has 2 atom stereocenters. The van der Waals surface area contributed by atoms with E-state index < -0.39 is 0 Å². The Balaban J connectivity index is 2.20. The van der Waals surface area contributed by atoms with E-state index in [-0.39, 0.29) is 11.9 Å². The van der Waals surface area contributed by atoms with Gasteiger partial charge in [0.05, 0.1) is 6.04 Å². The Morgan fingerprint density at radius 3 is 2.44 bits per heavy atom. The monoisotopic (exact) mass is 265 g/mol. The van der Waals surface area contributed by atoms with E-state index >= 15 is 0 Å². The van der Waals surface area contributed by atoms with Gasteiger partial charge in [0.1, 0.15) is 0 Å². The number of halogens is 1. The number of likely N-dealkylation sites (tertiary alicyclic amines) is 1. The summed E-state index contributed by atoms with van der Waals surface area (Å²) in [5.41, 5.74) is 3.71. The molecule has 18 heavy (non-hydrogen) atoms. The molecule has 2 unspecified atom stereocenters. The van der Waals surface area contributed by atoms with Crippen LogP contribution >= 0.6 is 11.6 Å². The molecule has 0 N–H and O–H groups in total. The Morgan fingerprint density at radius 1 is 1.33 bits per heavy atom. The van der Waals surface area contributed by atoms with Gasteiger partial charge in [-0.1, -0.05) is 29.3 Å². The van der Waals surface area contributed by atoms with Crippen LogP contribution in [0.1, 0.15) is 36.1 Å². The second kappa shape index (κ2) is 5.31. The fraction of sp³-hybridized carbons (Fsp3) is 0.533. The van der Waals surface area contributed by atoms with Crippen LogP contribution in [-0.4, -0.2) is 23.2 Å². The molecule has 0 aliphatic carbocycles. The van der Waals surface area contributed by atoms with E-state index in [1.807, 2.05) is 4.90 Å². The maximum Gasteiger partial charge on any atom is 0.223 e. The molecule has 0 radical (unpaired) electrons. The Bertz CT molecular complexity index is 438. The Labute approximate surface area is 114 Å². The SMILES string of the molecule is Cc1cc(C)cc(C(C)N2CC(CCl)CC2=O)c1.